The van der Waals surface area contributed by atoms with Crippen LogP contribution in [0.2, 0.25) is 0 Å². The molecule has 0 unspecified atom stereocenters. The summed E-state index contributed by atoms with van der Waals surface area (Å²) in [5, 5.41) is 0. The van der Waals surface area contributed by atoms with Crippen LogP contribution in [0.25, 0.3) is 0 Å². The van der Waals surface area contributed by atoms with Gasteiger partial charge in [0.1, 0.15) is 0 Å². The lowest BCUT2D eigenvalue weighted by atomic mass is 9.91. The van der Waals surface area contributed by atoms with Gasteiger partial charge in [-0.15, -0.1) is 0 Å². The number of carbonyl (C=O) groups excluding carboxylic acids is 1. The zero-order valence-corrected chi connectivity index (χ0v) is 13.2. The average Bonchev–Trinajstić information content (AvgIpc) is 2.59. The molecule has 0 aliphatic carbocycles. The van der Waals surface area contributed by atoms with Gasteiger partial charge in [0.25, 0.3) is 5.91 Å². The summed E-state index contributed by atoms with van der Waals surface area (Å²) in [7, 11) is 4.04. The summed E-state index contributed by atoms with van der Waals surface area (Å²) >= 11 is 0. The number of nitrogens with zero attached hydrogens (tertiary/aromatic N) is 2. The van der Waals surface area contributed by atoms with Gasteiger partial charge in [-0.2, -0.15) is 0 Å². The SMILES string of the molecule is CC.CCN1C(=O)c2cccc(N(C)C)c2C1(C)C. The summed E-state index contributed by atoms with van der Waals surface area (Å²) in [6, 6.07) is 5.97. The number of fused-ring (bicyclic) bond motifs is 1. The fourth-order valence-corrected chi connectivity index (χ4v) is 2.81. The van der Waals surface area contributed by atoms with Crippen LogP contribution < -0.4 is 4.90 Å². The Hall–Kier alpha value is -1.51. The van der Waals surface area contributed by atoms with Crippen molar-refractivity contribution in [1.29, 1.82) is 0 Å². The smallest absolute Gasteiger partial charge is 0.255 e. The minimum absolute atomic E-state index is 0.149. The second-order valence-corrected chi connectivity index (χ2v) is 5.20. The van der Waals surface area contributed by atoms with Crippen LogP contribution in [0.4, 0.5) is 5.69 Å². The summed E-state index contributed by atoms with van der Waals surface area (Å²) in [6.45, 7) is 11.0. The quantitative estimate of drug-likeness (QED) is 0.814. The summed E-state index contributed by atoms with van der Waals surface area (Å²) in [4.78, 5) is 16.3. The predicted molar refractivity (Wildman–Crippen MR) is 81.9 cm³/mol. The van der Waals surface area contributed by atoms with E-state index in [4.69, 9.17) is 0 Å². The van der Waals surface area contributed by atoms with Crippen molar-refractivity contribution < 1.29 is 4.79 Å². The van der Waals surface area contributed by atoms with E-state index < -0.39 is 0 Å². The normalized spacial score (nSPS) is 15.7. The highest BCUT2D eigenvalue weighted by Crippen LogP contribution is 2.43. The molecule has 1 amide bonds. The molecule has 0 fully saturated rings. The van der Waals surface area contributed by atoms with Crippen molar-refractivity contribution in [2.75, 3.05) is 25.5 Å². The Morgan fingerprint density at radius 2 is 1.79 bits per heavy atom. The van der Waals surface area contributed by atoms with Crippen molar-refractivity contribution in [3.63, 3.8) is 0 Å². The van der Waals surface area contributed by atoms with Crippen molar-refractivity contribution >= 4 is 11.6 Å². The van der Waals surface area contributed by atoms with Gasteiger partial charge in [-0.1, -0.05) is 19.9 Å². The van der Waals surface area contributed by atoms with Gasteiger partial charge in [0.2, 0.25) is 0 Å². The monoisotopic (exact) mass is 262 g/mol. The molecule has 0 saturated carbocycles. The van der Waals surface area contributed by atoms with Crippen molar-refractivity contribution in [3.8, 4) is 0 Å². The van der Waals surface area contributed by atoms with Gasteiger partial charge >= 0.3 is 0 Å². The van der Waals surface area contributed by atoms with Gasteiger partial charge in [0.15, 0.2) is 0 Å². The second-order valence-electron chi connectivity index (χ2n) is 5.20. The van der Waals surface area contributed by atoms with E-state index in [0.717, 1.165) is 23.4 Å². The first-order chi connectivity index (χ1) is 8.91. The Morgan fingerprint density at radius 3 is 2.26 bits per heavy atom. The Labute approximate surface area is 117 Å². The second kappa shape index (κ2) is 5.64. The lowest BCUT2D eigenvalue weighted by Gasteiger charge is -2.33. The lowest BCUT2D eigenvalue weighted by molar-refractivity contribution is 0.0635. The number of carbonyl (C=O) groups is 1. The summed E-state index contributed by atoms with van der Waals surface area (Å²) in [5.41, 5.74) is 2.92. The van der Waals surface area contributed by atoms with Gasteiger partial charge in [0, 0.05) is 37.5 Å². The number of hydrogen-bond donors (Lipinski definition) is 0. The number of rotatable bonds is 2. The molecule has 0 saturated heterocycles. The first-order valence-corrected chi connectivity index (χ1v) is 7.04. The molecule has 3 nitrogen and oxygen atoms in total. The number of amides is 1. The topological polar surface area (TPSA) is 23.6 Å². The van der Waals surface area contributed by atoms with Gasteiger partial charge in [-0.3, -0.25) is 4.79 Å². The third-order valence-corrected chi connectivity index (χ3v) is 3.60. The summed E-state index contributed by atoms with van der Waals surface area (Å²) in [5.74, 6) is 0.149. The molecule has 3 heteroatoms. The number of anilines is 1. The maximum absolute atomic E-state index is 12.3. The molecule has 19 heavy (non-hydrogen) atoms. The van der Waals surface area contributed by atoms with Crippen molar-refractivity contribution in [1.82, 2.24) is 4.90 Å². The third-order valence-electron chi connectivity index (χ3n) is 3.60. The van der Waals surface area contributed by atoms with E-state index in [2.05, 4.69) is 24.8 Å². The van der Waals surface area contributed by atoms with E-state index in [1.54, 1.807) is 0 Å². The Morgan fingerprint density at radius 1 is 1.21 bits per heavy atom. The first kappa shape index (κ1) is 15.5. The zero-order valence-electron chi connectivity index (χ0n) is 13.2. The molecule has 0 bridgehead atoms. The fraction of sp³-hybridized carbons (Fsp3) is 0.562. The van der Waals surface area contributed by atoms with Gasteiger partial charge in [0.05, 0.1) is 5.54 Å². The standard InChI is InChI=1S/C14H20N2O.C2H6/c1-6-16-13(17)10-8-7-9-11(15(4)5)12(10)14(16,2)3;1-2/h7-9H,6H2,1-5H3;1-2H3. The van der Waals surface area contributed by atoms with E-state index in [1.807, 2.05) is 51.9 Å². The fourth-order valence-electron chi connectivity index (χ4n) is 2.81. The van der Waals surface area contributed by atoms with E-state index >= 15 is 0 Å². The molecule has 106 valence electrons. The first-order valence-electron chi connectivity index (χ1n) is 7.04. The number of hydrogen-bond acceptors (Lipinski definition) is 2. The minimum atomic E-state index is -0.220. The molecule has 0 spiro atoms. The molecule has 0 radical (unpaired) electrons. The third kappa shape index (κ3) is 2.34. The molecule has 1 aliphatic rings. The van der Waals surface area contributed by atoms with Gasteiger partial charge < -0.3 is 9.80 Å². The van der Waals surface area contributed by atoms with Gasteiger partial charge in [-0.25, -0.2) is 0 Å². The summed E-state index contributed by atoms with van der Waals surface area (Å²) < 4.78 is 0. The van der Waals surface area contributed by atoms with Crippen LogP contribution >= 0.6 is 0 Å². The Bertz CT molecular complexity index is 464. The molecule has 1 aliphatic heterocycles. The maximum Gasteiger partial charge on any atom is 0.255 e. The highest BCUT2D eigenvalue weighted by molar-refractivity contribution is 6.01. The highest BCUT2D eigenvalue weighted by Gasteiger charge is 2.43. The predicted octanol–water partition coefficient (Wildman–Crippen LogP) is 3.49. The number of benzene rings is 1. The van der Waals surface area contributed by atoms with Crippen LogP contribution in [0.15, 0.2) is 18.2 Å². The van der Waals surface area contributed by atoms with Crippen LogP contribution in [-0.4, -0.2) is 31.4 Å². The molecule has 1 aromatic carbocycles. The molecule has 1 heterocycles. The maximum atomic E-state index is 12.3. The zero-order chi connectivity index (χ0) is 14.8. The van der Waals surface area contributed by atoms with Crippen molar-refractivity contribution in [2.45, 2.75) is 40.2 Å². The van der Waals surface area contributed by atoms with Gasteiger partial charge in [-0.05, 0) is 32.9 Å². The largest absolute Gasteiger partial charge is 0.377 e. The van der Waals surface area contributed by atoms with Crippen LogP contribution in [0.3, 0.4) is 0 Å². The van der Waals surface area contributed by atoms with E-state index in [0.29, 0.717) is 0 Å². The highest BCUT2D eigenvalue weighted by atomic mass is 16.2. The molecular weight excluding hydrogens is 236 g/mol. The van der Waals surface area contributed by atoms with E-state index in [1.165, 1.54) is 0 Å². The van der Waals surface area contributed by atoms with Crippen molar-refractivity contribution in [3.05, 3.63) is 29.3 Å². The van der Waals surface area contributed by atoms with E-state index in [-0.39, 0.29) is 11.4 Å². The molecule has 0 atom stereocenters. The van der Waals surface area contributed by atoms with Crippen LogP contribution in [0.5, 0.6) is 0 Å². The van der Waals surface area contributed by atoms with E-state index in [9.17, 15) is 4.79 Å². The molecule has 0 N–H and O–H groups in total. The lowest BCUT2D eigenvalue weighted by Crippen LogP contribution is -2.39. The molecule has 1 aromatic rings. The Balaban J connectivity index is 0.000000861. The van der Waals surface area contributed by atoms with Crippen LogP contribution in [0.1, 0.15) is 50.5 Å². The van der Waals surface area contributed by atoms with Crippen LogP contribution in [0, 0.1) is 0 Å². The van der Waals surface area contributed by atoms with Crippen LogP contribution in [-0.2, 0) is 5.54 Å². The average molecular weight is 262 g/mol. The molecule has 0 aromatic heterocycles. The minimum Gasteiger partial charge on any atom is -0.377 e. The molecule has 2 rings (SSSR count). The van der Waals surface area contributed by atoms with Crippen molar-refractivity contribution in [2.24, 2.45) is 0 Å². The molecular formula is C16H26N2O. The Kier molecular flexibility index (Phi) is 4.61. The summed E-state index contributed by atoms with van der Waals surface area (Å²) in [6.07, 6.45) is 0.